The fourth-order valence-electron chi connectivity index (χ4n) is 1.55. The molecule has 16 heavy (non-hydrogen) atoms. The van der Waals surface area contributed by atoms with E-state index < -0.39 is 5.97 Å². The van der Waals surface area contributed by atoms with Crippen LogP contribution in [-0.2, 0) is 6.54 Å². The van der Waals surface area contributed by atoms with Crippen molar-refractivity contribution < 1.29 is 14.3 Å². The van der Waals surface area contributed by atoms with Crippen LogP contribution in [0.4, 0.5) is 0 Å². The van der Waals surface area contributed by atoms with E-state index in [1.54, 1.807) is 0 Å². The summed E-state index contributed by atoms with van der Waals surface area (Å²) in [5, 5.41) is 12.1. The van der Waals surface area contributed by atoms with Gasteiger partial charge in [-0.05, 0) is 19.4 Å². The van der Waals surface area contributed by atoms with Gasteiger partial charge in [0.25, 0.3) is 0 Å². The Morgan fingerprint density at radius 1 is 1.62 bits per heavy atom. The van der Waals surface area contributed by atoms with E-state index in [2.05, 4.69) is 19.2 Å². The second kappa shape index (κ2) is 6.33. The molecule has 1 aromatic heterocycles. The van der Waals surface area contributed by atoms with Crippen LogP contribution in [0.3, 0.4) is 0 Å². The van der Waals surface area contributed by atoms with Gasteiger partial charge in [-0.3, -0.25) is 0 Å². The molecule has 1 atom stereocenters. The molecule has 0 aliphatic heterocycles. The van der Waals surface area contributed by atoms with Crippen LogP contribution in [0.1, 0.15) is 49.2 Å². The van der Waals surface area contributed by atoms with Gasteiger partial charge in [0.1, 0.15) is 11.3 Å². The highest BCUT2D eigenvalue weighted by Crippen LogP contribution is 2.11. The lowest BCUT2D eigenvalue weighted by molar-refractivity contribution is 0.0694. The Labute approximate surface area is 95.7 Å². The van der Waals surface area contributed by atoms with Crippen LogP contribution >= 0.6 is 0 Å². The van der Waals surface area contributed by atoms with Crippen LogP contribution in [0, 0.1) is 0 Å². The SMILES string of the molecule is CCCCC(C)NCc1occc1C(=O)O. The molecule has 2 N–H and O–H groups in total. The normalized spacial score (nSPS) is 12.6. The Balaban J connectivity index is 2.42. The van der Waals surface area contributed by atoms with Crippen molar-refractivity contribution in [2.45, 2.75) is 45.7 Å². The maximum absolute atomic E-state index is 10.8. The highest BCUT2D eigenvalue weighted by molar-refractivity contribution is 5.88. The molecule has 1 heterocycles. The lowest BCUT2D eigenvalue weighted by Gasteiger charge is -2.12. The van der Waals surface area contributed by atoms with Crippen molar-refractivity contribution in [3.63, 3.8) is 0 Å². The summed E-state index contributed by atoms with van der Waals surface area (Å²) in [6, 6.07) is 1.86. The summed E-state index contributed by atoms with van der Waals surface area (Å²) in [5.41, 5.74) is 0.246. The monoisotopic (exact) mass is 225 g/mol. The van der Waals surface area contributed by atoms with Crippen LogP contribution in [0.15, 0.2) is 16.7 Å². The fourth-order valence-corrected chi connectivity index (χ4v) is 1.55. The third-order valence-corrected chi connectivity index (χ3v) is 2.58. The summed E-state index contributed by atoms with van der Waals surface area (Å²) in [6.45, 7) is 4.72. The van der Waals surface area contributed by atoms with Crippen LogP contribution in [0.2, 0.25) is 0 Å². The molecular formula is C12H19NO3. The highest BCUT2D eigenvalue weighted by Gasteiger charge is 2.13. The molecular weight excluding hydrogens is 206 g/mol. The Kier molecular flexibility index (Phi) is 5.05. The number of carboxylic acid groups (broad SMARTS) is 1. The van der Waals surface area contributed by atoms with E-state index in [4.69, 9.17) is 9.52 Å². The van der Waals surface area contributed by atoms with Crippen LogP contribution < -0.4 is 5.32 Å². The van der Waals surface area contributed by atoms with E-state index >= 15 is 0 Å². The molecule has 1 unspecified atom stereocenters. The maximum Gasteiger partial charge on any atom is 0.339 e. The minimum Gasteiger partial charge on any atom is -0.478 e. The lowest BCUT2D eigenvalue weighted by atomic mass is 10.1. The molecule has 0 fully saturated rings. The molecule has 0 radical (unpaired) electrons. The molecule has 0 saturated carbocycles. The summed E-state index contributed by atoms with van der Waals surface area (Å²) in [4.78, 5) is 10.8. The van der Waals surface area contributed by atoms with Gasteiger partial charge in [-0.2, -0.15) is 0 Å². The summed E-state index contributed by atoms with van der Waals surface area (Å²) in [6.07, 6.45) is 4.86. The first-order valence-electron chi connectivity index (χ1n) is 5.68. The predicted molar refractivity (Wildman–Crippen MR) is 61.5 cm³/mol. The van der Waals surface area contributed by atoms with Crippen molar-refractivity contribution in [3.05, 3.63) is 23.7 Å². The van der Waals surface area contributed by atoms with E-state index in [1.807, 2.05) is 0 Å². The second-order valence-electron chi connectivity index (χ2n) is 3.99. The van der Waals surface area contributed by atoms with E-state index in [-0.39, 0.29) is 5.56 Å². The molecule has 0 aliphatic rings. The lowest BCUT2D eigenvalue weighted by Crippen LogP contribution is -2.25. The number of rotatable bonds is 7. The van der Waals surface area contributed by atoms with Crippen molar-refractivity contribution in [1.82, 2.24) is 5.32 Å². The number of carboxylic acids is 1. The van der Waals surface area contributed by atoms with Crippen LogP contribution in [0.25, 0.3) is 0 Å². The Morgan fingerprint density at radius 2 is 2.38 bits per heavy atom. The average molecular weight is 225 g/mol. The first-order valence-corrected chi connectivity index (χ1v) is 5.68. The molecule has 1 aromatic rings. The van der Waals surface area contributed by atoms with Crippen molar-refractivity contribution >= 4 is 5.97 Å². The van der Waals surface area contributed by atoms with Gasteiger partial charge in [0, 0.05) is 6.04 Å². The van der Waals surface area contributed by atoms with Crippen LogP contribution in [0.5, 0.6) is 0 Å². The number of furan rings is 1. The Bertz CT molecular complexity index is 333. The Hall–Kier alpha value is -1.29. The number of unbranched alkanes of at least 4 members (excludes halogenated alkanes) is 1. The van der Waals surface area contributed by atoms with Crippen molar-refractivity contribution in [2.24, 2.45) is 0 Å². The van der Waals surface area contributed by atoms with Crippen molar-refractivity contribution in [2.75, 3.05) is 0 Å². The topological polar surface area (TPSA) is 62.5 Å². The first-order chi connectivity index (χ1) is 7.65. The van der Waals surface area contributed by atoms with Gasteiger partial charge in [-0.25, -0.2) is 4.79 Å². The van der Waals surface area contributed by atoms with Gasteiger partial charge in [0.15, 0.2) is 0 Å². The quantitative estimate of drug-likeness (QED) is 0.748. The molecule has 4 heteroatoms. The zero-order chi connectivity index (χ0) is 12.0. The number of aromatic carboxylic acids is 1. The fraction of sp³-hybridized carbons (Fsp3) is 0.583. The molecule has 0 spiro atoms. The smallest absolute Gasteiger partial charge is 0.339 e. The summed E-state index contributed by atoms with van der Waals surface area (Å²) in [5.74, 6) is -0.442. The van der Waals surface area contributed by atoms with E-state index in [0.717, 1.165) is 6.42 Å². The van der Waals surface area contributed by atoms with Crippen LogP contribution in [-0.4, -0.2) is 17.1 Å². The van der Waals surface area contributed by atoms with Gasteiger partial charge >= 0.3 is 5.97 Å². The van der Waals surface area contributed by atoms with E-state index in [0.29, 0.717) is 18.3 Å². The number of hydrogen-bond donors (Lipinski definition) is 2. The molecule has 4 nitrogen and oxygen atoms in total. The maximum atomic E-state index is 10.8. The zero-order valence-electron chi connectivity index (χ0n) is 9.82. The average Bonchev–Trinajstić information content (AvgIpc) is 2.71. The number of hydrogen-bond acceptors (Lipinski definition) is 3. The zero-order valence-corrected chi connectivity index (χ0v) is 9.82. The molecule has 0 bridgehead atoms. The first kappa shape index (κ1) is 12.8. The summed E-state index contributed by atoms with van der Waals surface area (Å²) < 4.78 is 5.14. The Morgan fingerprint density at radius 3 is 3.00 bits per heavy atom. The molecule has 0 saturated heterocycles. The van der Waals surface area contributed by atoms with E-state index in [9.17, 15) is 4.79 Å². The van der Waals surface area contributed by atoms with Gasteiger partial charge in [-0.15, -0.1) is 0 Å². The molecule has 0 amide bonds. The minimum absolute atomic E-state index is 0.246. The molecule has 1 rings (SSSR count). The number of carbonyl (C=O) groups is 1. The third-order valence-electron chi connectivity index (χ3n) is 2.58. The van der Waals surface area contributed by atoms with E-state index in [1.165, 1.54) is 25.2 Å². The van der Waals surface area contributed by atoms with Gasteiger partial charge in [0.2, 0.25) is 0 Å². The van der Waals surface area contributed by atoms with Gasteiger partial charge in [0.05, 0.1) is 12.8 Å². The predicted octanol–water partition coefficient (Wildman–Crippen LogP) is 2.65. The largest absolute Gasteiger partial charge is 0.478 e. The van der Waals surface area contributed by atoms with Gasteiger partial charge < -0.3 is 14.8 Å². The van der Waals surface area contributed by atoms with Gasteiger partial charge in [-0.1, -0.05) is 19.8 Å². The third kappa shape index (κ3) is 3.70. The van der Waals surface area contributed by atoms with Crippen molar-refractivity contribution in [3.8, 4) is 0 Å². The summed E-state index contributed by atoms with van der Waals surface area (Å²) in [7, 11) is 0. The second-order valence-corrected chi connectivity index (χ2v) is 3.99. The van der Waals surface area contributed by atoms with Crippen molar-refractivity contribution in [1.29, 1.82) is 0 Å². The molecule has 90 valence electrons. The molecule has 0 aliphatic carbocycles. The summed E-state index contributed by atoms with van der Waals surface area (Å²) >= 11 is 0. The standard InChI is InChI=1S/C12H19NO3/c1-3-4-5-9(2)13-8-11-10(12(14)15)6-7-16-11/h6-7,9,13H,3-5,8H2,1-2H3,(H,14,15). The molecule has 0 aromatic carbocycles. The minimum atomic E-state index is -0.938. The highest BCUT2D eigenvalue weighted by atomic mass is 16.4. The number of nitrogens with one attached hydrogen (secondary N) is 1.